The molecule has 2 rings (SSSR count). The topological polar surface area (TPSA) is 29.9 Å². The molecule has 17 heavy (non-hydrogen) atoms. The summed E-state index contributed by atoms with van der Waals surface area (Å²) in [4.78, 5) is 0. The smallest absolute Gasteiger partial charge is 0.0534 e. The lowest BCUT2D eigenvalue weighted by Gasteiger charge is -2.08. The Hall–Kier alpha value is -0.830. The summed E-state index contributed by atoms with van der Waals surface area (Å²) in [6.45, 7) is 6.36. The Bertz CT molecular complexity index is 324. The molecule has 0 saturated heterocycles. The van der Waals surface area contributed by atoms with Gasteiger partial charge in [-0.15, -0.1) is 0 Å². The van der Waals surface area contributed by atoms with Gasteiger partial charge in [0.15, 0.2) is 0 Å². The van der Waals surface area contributed by atoms with Gasteiger partial charge >= 0.3 is 0 Å². The maximum atomic E-state index is 4.43. The number of hydrogen-bond donors (Lipinski definition) is 1. The molecule has 1 fully saturated rings. The predicted molar refractivity (Wildman–Crippen MR) is 70.8 cm³/mol. The molecule has 1 aromatic rings. The molecule has 0 amide bonds. The van der Waals surface area contributed by atoms with Crippen LogP contribution in [0.5, 0.6) is 0 Å². The van der Waals surface area contributed by atoms with Crippen molar-refractivity contribution in [3.05, 3.63) is 18.0 Å². The third kappa shape index (κ3) is 4.15. The Morgan fingerprint density at radius 3 is 2.88 bits per heavy atom. The van der Waals surface area contributed by atoms with E-state index in [0.717, 1.165) is 19.0 Å². The fraction of sp³-hybridized carbons (Fsp3) is 0.786. The van der Waals surface area contributed by atoms with Gasteiger partial charge < -0.3 is 5.32 Å². The number of hydrogen-bond acceptors (Lipinski definition) is 2. The van der Waals surface area contributed by atoms with Crippen molar-refractivity contribution >= 4 is 0 Å². The summed E-state index contributed by atoms with van der Waals surface area (Å²) in [6.07, 6.45) is 11.2. The molecule has 0 spiro atoms. The van der Waals surface area contributed by atoms with E-state index in [0.29, 0.717) is 6.04 Å². The van der Waals surface area contributed by atoms with E-state index in [1.54, 1.807) is 0 Å². The minimum atomic E-state index is 0.539. The molecule has 0 unspecified atom stereocenters. The highest BCUT2D eigenvalue weighted by Gasteiger charge is 2.14. The highest BCUT2D eigenvalue weighted by atomic mass is 15.3. The summed E-state index contributed by atoms with van der Waals surface area (Å²) in [7, 11) is 0. The Labute approximate surface area is 105 Å². The summed E-state index contributed by atoms with van der Waals surface area (Å²) < 4.78 is 2.11. The fourth-order valence-electron chi connectivity index (χ4n) is 2.56. The highest BCUT2D eigenvalue weighted by molar-refractivity contribution is 5.03. The van der Waals surface area contributed by atoms with Gasteiger partial charge in [-0.2, -0.15) is 5.10 Å². The summed E-state index contributed by atoms with van der Waals surface area (Å²) in [5.74, 6) is 0.955. The van der Waals surface area contributed by atoms with E-state index in [1.165, 1.54) is 37.7 Å². The molecule has 1 heterocycles. The van der Waals surface area contributed by atoms with Crippen LogP contribution in [-0.4, -0.2) is 15.8 Å². The van der Waals surface area contributed by atoms with E-state index in [2.05, 4.69) is 35.1 Å². The van der Waals surface area contributed by atoms with Crippen molar-refractivity contribution in [3.8, 4) is 0 Å². The number of nitrogens with one attached hydrogen (secondary N) is 1. The van der Waals surface area contributed by atoms with Crippen LogP contribution in [0.3, 0.4) is 0 Å². The van der Waals surface area contributed by atoms with Gasteiger partial charge in [0.25, 0.3) is 0 Å². The molecular weight excluding hydrogens is 210 g/mol. The summed E-state index contributed by atoms with van der Waals surface area (Å²) in [5.41, 5.74) is 1.30. The molecule has 0 atom stereocenters. The van der Waals surface area contributed by atoms with Gasteiger partial charge in [-0.3, -0.25) is 4.68 Å². The standard InChI is InChI=1S/C14H25N3/c1-12(2)15-9-14-10-16-17(11-14)8-7-13-5-3-4-6-13/h10-13,15H,3-9H2,1-2H3. The Morgan fingerprint density at radius 2 is 2.18 bits per heavy atom. The zero-order valence-electron chi connectivity index (χ0n) is 11.2. The lowest BCUT2D eigenvalue weighted by atomic mass is 10.0. The first-order valence-electron chi connectivity index (χ1n) is 6.99. The van der Waals surface area contributed by atoms with Gasteiger partial charge in [0.2, 0.25) is 0 Å². The van der Waals surface area contributed by atoms with Crippen molar-refractivity contribution in [3.63, 3.8) is 0 Å². The first kappa shape index (κ1) is 12.6. The number of rotatable bonds is 6. The number of aryl methyl sites for hydroxylation is 1. The zero-order valence-corrected chi connectivity index (χ0v) is 11.2. The van der Waals surface area contributed by atoms with Gasteiger partial charge in [-0.1, -0.05) is 39.5 Å². The van der Waals surface area contributed by atoms with Crippen LogP contribution in [0.25, 0.3) is 0 Å². The Balaban J connectivity index is 1.73. The highest BCUT2D eigenvalue weighted by Crippen LogP contribution is 2.27. The molecule has 0 aliphatic heterocycles. The predicted octanol–water partition coefficient (Wildman–Crippen LogP) is 2.96. The van der Waals surface area contributed by atoms with E-state index in [4.69, 9.17) is 0 Å². The zero-order chi connectivity index (χ0) is 12.1. The second-order valence-corrected chi connectivity index (χ2v) is 5.59. The van der Waals surface area contributed by atoms with Gasteiger partial charge in [0.05, 0.1) is 6.20 Å². The SMILES string of the molecule is CC(C)NCc1cnn(CCC2CCCC2)c1. The summed E-state index contributed by atoms with van der Waals surface area (Å²) >= 11 is 0. The van der Waals surface area contributed by atoms with Crippen LogP contribution in [0.4, 0.5) is 0 Å². The quantitative estimate of drug-likeness (QED) is 0.821. The van der Waals surface area contributed by atoms with Crippen molar-refractivity contribution < 1.29 is 0 Å². The Morgan fingerprint density at radius 1 is 1.41 bits per heavy atom. The lowest BCUT2D eigenvalue weighted by Crippen LogP contribution is -2.21. The van der Waals surface area contributed by atoms with Crippen LogP contribution in [0.15, 0.2) is 12.4 Å². The Kier molecular flexibility index (Phi) is 4.60. The molecule has 1 N–H and O–H groups in total. The van der Waals surface area contributed by atoms with Crippen molar-refractivity contribution in [2.75, 3.05) is 0 Å². The second kappa shape index (κ2) is 6.20. The fourth-order valence-corrected chi connectivity index (χ4v) is 2.56. The average molecular weight is 235 g/mol. The molecule has 1 aliphatic rings. The molecular formula is C14H25N3. The van der Waals surface area contributed by atoms with Gasteiger partial charge in [-0.05, 0) is 12.3 Å². The van der Waals surface area contributed by atoms with E-state index < -0.39 is 0 Å². The van der Waals surface area contributed by atoms with E-state index >= 15 is 0 Å². The second-order valence-electron chi connectivity index (χ2n) is 5.59. The van der Waals surface area contributed by atoms with Gasteiger partial charge in [0, 0.05) is 30.9 Å². The molecule has 3 nitrogen and oxygen atoms in total. The summed E-state index contributed by atoms with van der Waals surface area (Å²) in [6, 6.07) is 0.539. The molecule has 1 aromatic heterocycles. The van der Waals surface area contributed by atoms with Crippen LogP contribution in [0.2, 0.25) is 0 Å². The van der Waals surface area contributed by atoms with E-state index in [1.807, 2.05) is 6.20 Å². The van der Waals surface area contributed by atoms with Crippen molar-refractivity contribution in [2.24, 2.45) is 5.92 Å². The molecule has 0 radical (unpaired) electrons. The van der Waals surface area contributed by atoms with Crippen molar-refractivity contribution in [1.29, 1.82) is 0 Å². The molecule has 1 aliphatic carbocycles. The molecule has 1 saturated carbocycles. The minimum absolute atomic E-state index is 0.539. The third-order valence-corrected chi connectivity index (χ3v) is 3.64. The van der Waals surface area contributed by atoms with Crippen LogP contribution in [-0.2, 0) is 13.1 Å². The molecule has 0 bridgehead atoms. The molecule has 0 aromatic carbocycles. The van der Waals surface area contributed by atoms with E-state index in [-0.39, 0.29) is 0 Å². The van der Waals surface area contributed by atoms with Gasteiger partial charge in [0.1, 0.15) is 0 Å². The normalized spacial score (nSPS) is 17.1. The lowest BCUT2D eigenvalue weighted by molar-refractivity contribution is 0.439. The third-order valence-electron chi connectivity index (χ3n) is 3.64. The van der Waals surface area contributed by atoms with Crippen LogP contribution in [0, 0.1) is 5.92 Å². The van der Waals surface area contributed by atoms with Crippen molar-refractivity contribution in [2.45, 2.75) is 65.1 Å². The maximum Gasteiger partial charge on any atom is 0.0534 e. The van der Waals surface area contributed by atoms with E-state index in [9.17, 15) is 0 Å². The maximum absolute atomic E-state index is 4.43. The first-order chi connectivity index (χ1) is 8.24. The van der Waals surface area contributed by atoms with Crippen LogP contribution >= 0.6 is 0 Å². The minimum Gasteiger partial charge on any atom is -0.310 e. The summed E-state index contributed by atoms with van der Waals surface area (Å²) in [5, 5.41) is 7.85. The molecule has 3 heteroatoms. The first-order valence-corrected chi connectivity index (χ1v) is 6.99. The largest absolute Gasteiger partial charge is 0.310 e. The number of aromatic nitrogens is 2. The number of nitrogens with zero attached hydrogens (tertiary/aromatic N) is 2. The van der Waals surface area contributed by atoms with Crippen LogP contribution < -0.4 is 5.32 Å². The average Bonchev–Trinajstić information content (AvgIpc) is 2.95. The molecule has 96 valence electrons. The monoisotopic (exact) mass is 235 g/mol. The van der Waals surface area contributed by atoms with Gasteiger partial charge in [-0.25, -0.2) is 0 Å². The van der Waals surface area contributed by atoms with Crippen molar-refractivity contribution in [1.82, 2.24) is 15.1 Å². The van der Waals surface area contributed by atoms with Crippen LogP contribution in [0.1, 0.15) is 51.5 Å².